The molecule has 1 N–H and O–H groups in total. The van der Waals surface area contributed by atoms with Crippen LogP contribution in [0.25, 0.3) is 0 Å². The van der Waals surface area contributed by atoms with Crippen LogP contribution >= 0.6 is 0 Å². The molecule has 2 amide bonds. The summed E-state index contributed by atoms with van der Waals surface area (Å²) in [6, 6.07) is 6.15. The number of nitrogens with one attached hydrogen (secondary N) is 1. The van der Waals surface area contributed by atoms with Crippen LogP contribution in [-0.2, 0) is 19.6 Å². The fraction of sp³-hybridized carbons (Fsp3) is 0.526. The maximum atomic E-state index is 12.9. The SMILES string of the molecule is CC1CC(C)CN(S(=O)(=O)c2ccc(NC(=O)C3=NN(C)C(=O)CC3)cc2)C1. The number of carbonyl (C=O) groups excluding carboxylic acids is 2. The number of carbonyl (C=O) groups is 2. The van der Waals surface area contributed by atoms with Crippen molar-refractivity contribution in [2.24, 2.45) is 16.9 Å². The second-order valence-electron chi connectivity index (χ2n) is 7.71. The maximum absolute atomic E-state index is 12.9. The van der Waals surface area contributed by atoms with Crippen LogP contribution in [-0.4, -0.2) is 55.4 Å². The first kappa shape index (κ1) is 20.5. The van der Waals surface area contributed by atoms with E-state index in [0.29, 0.717) is 30.6 Å². The second kappa shape index (κ2) is 8.00. The average Bonchev–Trinajstić information content (AvgIpc) is 2.63. The van der Waals surface area contributed by atoms with E-state index in [2.05, 4.69) is 24.3 Å². The van der Waals surface area contributed by atoms with Gasteiger partial charge in [-0.25, -0.2) is 13.4 Å². The summed E-state index contributed by atoms with van der Waals surface area (Å²) in [6.45, 7) is 5.18. The number of nitrogens with zero attached hydrogens (tertiary/aromatic N) is 3. The predicted molar refractivity (Wildman–Crippen MR) is 106 cm³/mol. The van der Waals surface area contributed by atoms with Crippen molar-refractivity contribution in [2.75, 3.05) is 25.5 Å². The fourth-order valence-corrected chi connectivity index (χ4v) is 5.38. The molecule has 0 spiro atoms. The van der Waals surface area contributed by atoms with Gasteiger partial charge in [0, 0.05) is 38.7 Å². The molecule has 0 aromatic heterocycles. The van der Waals surface area contributed by atoms with E-state index in [4.69, 9.17) is 0 Å². The highest BCUT2D eigenvalue weighted by Crippen LogP contribution is 2.27. The Morgan fingerprint density at radius 1 is 1.11 bits per heavy atom. The molecule has 2 aliphatic heterocycles. The van der Waals surface area contributed by atoms with Gasteiger partial charge in [0.05, 0.1) is 4.90 Å². The molecule has 0 bridgehead atoms. The minimum absolute atomic E-state index is 0.132. The Morgan fingerprint density at radius 3 is 2.29 bits per heavy atom. The topological polar surface area (TPSA) is 99.2 Å². The Labute approximate surface area is 165 Å². The van der Waals surface area contributed by atoms with Crippen molar-refractivity contribution in [2.45, 2.75) is 38.0 Å². The maximum Gasteiger partial charge on any atom is 0.271 e. The third-order valence-corrected chi connectivity index (χ3v) is 6.90. The zero-order valence-corrected chi connectivity index (χ0v) is 17.2. The predicted octanol–water partition coefficient (Wildman–Crippen LogP) is 1.90. The Kier molecular flexibility index (Phi) is 5.85. The standard InChI is InChI=1S/C19H26N4O4S/c1-13-10-14(2)12-23(11-13)28(26,27)16-6-4-15(5-7-16)20-19(25)17-8-9-18(24)22(3)21-17/h4-7,13-14H,8-12H2,1-3H3,(H,20,25). The van der Waals surface area contributed by atoms with Gasteiger partial charge in [-0.15, -0.1) is 0 Å². The lowest BCUT2D eigenvalue weighted by atomic mass is 9.94. The van der Waals surface area contributed by atoms with Gasteiger partial charge >= 0.3 is 0 Å². The summed E-state index contributed by atoms with van der Waals surface area (Å²) >= 11 is 0. The third-order valence-electron chi connectivity index (χ3n) is 5.05. The Morgan fingerprint density at radius 2 is 1.71 bits per heavy atom. The van der Waals surface area contributed by atoms with Gasteiger partial charge < -0.3 is 5.32 Å². The van der Waals surface area contributed by atoms with Gasteiger partial charge in [-0.2, -0.15) is 9.41 Å². The molecule has 0 aliphatic carbocycles. The quantitative estimate of drug-likeness (QED) is 0.825. The van der Waals surface area contributed by atoms with E-state index in [-0.39, 0.29) is 29.4 Å². The van der Waals surface area contributed by atoms with Crippen LogP contribution in [0.5, 0.6) is 0 Å². The van der Waals surface area contributed by atoms with Crippen LogP contribution in [0.4, 0.5) is 5.69 Å². The number of benzene rings is 1. The van der Waals surface area contributed by atoms with Crippen molar-refractivity contribution in [3.8, 4) is 0 Å². The summed E-state index contributed by atoms with van der Waals surface area (Å²) in [4.78, 5) is 24.0. The molecule has 1 saturated heterocycles. The zero-order chi connectivity index (χ0) is 20.5. The van der Waals surface area contributed by atoms with Gasteiger partial charge in [0.1, 0.15) is 5.71 Å². The highest BCUT2D eigenvalue weighted by molar-refractivity contribution is 7.89. The molecular weight excluding hydrogens is 380 g/mol. The first-order valence-electron chi connectivity index (χ1n) is 9.42. The summed E-state index contributed by atoms with van der Waals surface area (Å²) < 4.78 is 27.4. The summed E-state index contributed by atoms with van der Waals surface area (Å²) in [5.74, 6) is 0.137. The first-order chi connectivity index (χ1) is 13.2. The summed E-state index contributed by atoms with van der Waals surface area (Å²) in [5.41, 5.74) is 0.752. The largest absolute Gasteiger partial charge is 0.321 e. The van der Waals surface area contributed by atoms with E-state index in [1.807, 2.05) is 0 Å². The Balaban J connectivity index is 1.70. The lowest BCUT2D eigenvalue weighted by Crippen LogP contribution is -2.42. The monoisotopic (exact) mass is 406 g/mol. The smallest absolute Gasteiger partial charge is 0.271 e. The number of anilines is 1. The van der Waals surface area contributed by atoms with Crippen LogP contribution < -0.4 is 5.32 Å². The van der Waals surface area contributed by atoms with Gasteiger partial charge in [-0.05, 0) is 42.5 Å². The highest BCUT2D eigenvalue weighted by Gasteiger charge is 2.31. The lowest BCUT2D eigenvalue weighted by molar-refractivity contribution is -0.130. The molecule has 152 valence electrons. The van der Waals surface area contributed by atoms with Gasteiger partial charge in [-0.3, -0.25) is 9.59 Å². The molecule has 3 rings (SSSR count). The highest BCUT2D eigenvalue weighted by atomic mass is 32.2. The summed E-state index contributed by atoms with van der Waals surface area (Å²) in [7, 11) is -2.04. The van der Waals surface area contributed by atoms with Crippen LogP contribution in [0.15, 0.2) is 34.3 Å². The second-order valence-corrected chi connectivity index (χ2v) is 9.65. The van der Waals surface area contributed by atoms with Crippen molar-refractivity contribution in [1.29, 1.82) is 0 Å². The van der Waals surface area contributed by atoms with Gasteiger partial charge in [0.25, 0.3) is 5.91 Å². The van der Waals surface area contributed by atoms with E-state index < -0.39 is 15.9 Å². The van der Waals surface area contributed by atoms with Crippen LogP contribution in [0.2, 0.25) is 0 Å². The van der Waals surface area contributed by atoms with Crippen molar-refractivity contribution in [1.82, 2.24) is 9.31 Å². The van der Waals surface area contributed by atoms with Crippen molar-refractivity contribution < 1.29 is 18.0 Å². The third kappa shape index (κ3) is 4.41. The number of sulfonamides is 1. The van der Waals surface area contributed by atoms with Gasteiger partial charge in [-0.1, -0.05) is 13.8 Å². The first-order valence-corrected chi connectivity index (χ1v) is 10.9. The molecule has 2 unspecified atom stereocenters. The molecule has 2 atom stereocenters. The molecule has 1 aromatic carbocycles. The van der Waals surface area contributed by atoms with E-state index in [9.17, 15) is 18.0 Å². The number of amides is 2. The molecule has 1 aromatic rings. The average molecular weight is 407 g/mol. The Hall–Kier alpha value is -2.26. The fourth-order valence-electron chi connectivity index (χ4n) is 3.70. The number of hydrazone groups is 1. The van der Waals surface area contributed by atoms with Crippen LogP contribution in [0.3, 0.4) is 0 Å². The zero-order valence-electron chi connectivity index (χ0n) is 16.4. The molecule has 0 saturated carbocycles. The molecule has 9 heteroatoms. The molecule has 1 fully saturated rings. The van der Waals surface area contributed by atoms with Crippen LogP contribution in [0, 0.1) is 11.8 Å². The molecule has 0 radical (unpaired) electrons. The number of piperidine rings is 1. The number of hydrogen-bond donors (Lipinski definition) is 1. The number of rotatable bonds is 4. The lowest BCUT2D eigenvalue weighted by Gasteiger charge is -2.34. The molecule has 28 heavy (non-hydrogen) atoms. The minimum atomic E-state index is -3.55. The molecule has 2 aliphatic rings. The van der Waals surface area contributed by atoms with Crippen molar-refractivity contribution >= 4 is 33.2 Å². The molecule has 2 heterocycles. The Bertz CT molecular complexity index is 885. The normalized spacial score (nSPS) is 24.0. The van der Waals surface area contributed by atoms with Crippen molar-refractivity contribution in [3.05, 3.63) is 24.3 Å². The molecular formula is C19H26N4O4S. The van der Waals surface area contributed by atoms with Gasteiger partial charge in [0.15, 0.2) is 0 Å². The van der Waals surface area contributed by atoms with Crippen LogP contribution in [0.1, 0.15) is 33.1 Å². The number of hydrogen-bond acceptors (Lipinski definition) is 5. The van der Waals surface area contributed by atoms with E-state index in [0.717, 1.165) is 11.4 Å². The summed E-state index contributed by atoms with van der Waals surface area (Å²) in [5, 5.41) is 7.84. The molecule has 8 nitrogen and oxygen atoms in total. The van der Waals surface area contributed by atoms with E-state index in [1.165, 1.54) is 19.2 Å². The van der Waals surface area contributed by atoms with E-state index >= 15 is 0 Å². The summed E-state index contributed by atoms with van der Waals surface area (Å²) in [6.07, 6.45) is 1.56. The van der Waals surface area contributed by atoms with E-state index in [1.54, 1.807) is 16.4 Å². The van der Waals surface area contributed by atoms with Gasteiger partial charge in [0.2, 0.25) is 15.9 Å². The minimum Gasteiger partial charge on any atom is -0.321 e. The van der Waals surface area contributed by atoms with Crippen molar-refractivity contribution in [3.63, 3.8) is 0 Å².